The number of nitrogens with zero attached hydrogens (tertiary/aromatic N) is 3. The highest BCUT2D eigenvalue weighted by Gasteiger charge is 2.34. The van der Waals surface area contributed by atoms with Crippen LogP contribution in [0.25, 0.3) is 0 Å². The average Bonchev–Trinajstić information content (AvgIpc) is 3.34. The number of aromatic nitrogens is 2. The highest BCUT2D eigenvalue weighted by atomic mass is 32.2. The second kappa shape index (κ2) is 8.97. The van der Waals surface area contributed by atoms with Crippen molar-refractivity contribution in [1.82, 2.24) is 10.2 Å². The van der Waals surface area contributed by atoms with Gasteiger partial charge in [0.15, 0.2) is 0 Å². The fourth-order valence-corrected chi connectivity index (χ4v) is 4.91. The predicted octanol–water partition coefficient (Wildman–Crippen LogP) is 4.41. The molecule has 0 saturated carbocycles. The Hall–Kier alpha value is -2.71. The van der Waals surface area contributed by atoms with Crippen molar-refractivity contribution < 1.29 is 9.59 Å². The molecule has 2 amide bonds. The molecule has 2 heterocycles. The van der Waals surface area contributed by atoms with Gasteiger partial charge in [-0.1, -0.05) is 47.2 Å². The minimum Gasteiger partial charge on any atom is -0.311 e. The van der Waals surface area contributed by atoms with Gasteiger partial charge < -0.3 is 4.90 Å². The molecule has 1 aromatic heterocycles. The molecule has 154 valence electrons. The van der Waals surface area contributed by atoms with Crippen molar-refractivity contribution >= 4 is 45.7 Å². The van der Waals surface area contributed by atoms with Crippen LogP contribution in [-0.2, 0) is 9.59 Å². The van der Waals surface area contributed by atoms with Crippen LogP contribution < -0.4 is 10.2 Å². The molecule has 2 aromatic carbocycles. The van der Waals surface area contributed by atoms with E-state index < -0.39 is 0 Å². The Kier molecular flexibility index (Phi) is 6.15. The van der Waals surface area contributed by atoms with Crippen LogP contribution in [0.2, 0.25) is 0 Å². The summed E-state index contributed by atoms with van der Waals surface area (Å²) in [4.78, 5) is 27.7. The van der Waals surface area contributed by atoms with Gasteiger partial charge in [0.1, 0.15) is 5.01 Å². The van der Waals surface area contributed by atoms with Crippen LogP contribution in [0.1, 0.15) is 28.5 Å². The van der Waals surface area contributed by atoms with Crippen LogP contribution >= 0.6 is 23.1 Å². The Labute approximate surface area is 183 Å². The van der Waals surface area contributed by atoms with Crippen molar-refractivity contribution in [2.24, 2.45) is 0 Å². The Morgan fingerprint density at radius 2 is 1.93 bits per heavy atom. The lowest BCUT2D eigenvalue weighted by Crippen LogP contribution is -2.25. The van der Waals surface area contributed by atoms with E-state index in [4.69, 9.17) is 0 Å². The molecule has 0 aliphatic carbocycles. The number of hydrogen-bond donors (Lipinski definition) is 1. The Morgan fingerprint density at radius 3 is 2.70 bits per heavy atom. The summed E-state index contributed by atoms with van der Waals surface area (Å²) >= 11 is 2.82. The zero-order valence-electron chi connectivity index (χ0n) is 16.8. The lowest BCUT2D eigenvalue weighted by Gasteiger charge is -2.18. The van der Waals surface area contributed by atoms with Gasteiger partial charge in [0.05, 0.1) is 5.75 Å². The van der Waals surface area contributed by atoms with Crippen LogP contribution in [0.5, 0.6) is 0 Å². The molecule has 1 aliphatic heterocycles. The van der Waals surface area contributed by atoms with Gasteiger partial charge in [-0.3, -0.25) is 14.9 Å². The number of nitrogens with one attached hydrogen (secondary N) is 1. The van der Waals surface area contributed by atoms with Gasteiger partial charge >= 0.3 is 0 Å². The minimum absolute atomic E-state index is 0.0119. The first-order valence-corrected chi connectivity index (χ1v) is 11.5. The van der Waals surface area contributed by atoms with E-state index in [0.29, 0.717) is 23.8 Å². The van der Waals surface area contributed by atoms with E-state index in [1.165, 1.54) is 28.7 Å². The molecule has 0 spiro atoms. The number of rotatable bonds is 6. The normalized spacial score (nSPS) is 16.1. The van der Waals surface area contributed by atoms with E-state index in [9.17, 15) is 9.59 Å². The van der Waals surface area contributed by atoms with Crippen LogP contribution in [0.15, 0.2) is 53.4 Å². The molecular weight excluding hydrogens is 416 g/mol. The van der Waals surface area contributed by atoms with Gasteiger partial charge in [-0.15, -0.1) is 22.0 Å². The number of benzene rings is 2. The maximum Gasteiger partial charge on any atom is 0.236 e. The van der Waals surface area contributed by atoms with Crippen molar-refractivity contribution in [2.75, 3.05) is 22.5 Å². The maximum atomic E-state index is 12.5. The third-order valence-corrected chi connectivity index (χ3v) is 6.97. The van der Waals surface area contributed by atoms with E-state index in [1.54, 1.807) is 0 Å². The number of para-hydroxylation sites is 1. The lowest BCUT2D eigenvalue weighted by molar-refractivity contribution is -0.117. The van der Waals surface area contributed by atoms with Gasteiger partial charge in [-0.05, 0) is 37.6 Å². The molecule has 0 bridgehead atoms. The summed E-state index contributed by atoms with van der Waals surface area (Å²) in [5.41, 5.74) is 3.20. The molecule has 3 aromatic rings. The predicted molar refractivity (Wildman–Crippen MR) is 121 cm³/mol. The number of carbonyl (C=O) groups is 2. The van der Waals surface area contributed by atoms with E-state index >= 15 is 0 Å². The Morgan fingerprint density at radius 1 is 1.17 bits per heavy atom. The molecule has 1 saturated heterocycles. The number of thioether (sulfide) groups is 1. The summed E-state index contributed by atoms with van der Waals surface area (Å²) in [5, 5.41) is 12.4. The third-order valence-electron chi connectivity index (χ3n) is 4.96. The number of hydrogen-bond acceptors (Lipinski definition) is 6. The van der Waals surface area contributed by atoms with E-state index in [0.717, 1.165) is 21.2 Å². The second-order valence-electron chi connectivity index (χ2n) is 7.29. The standard InChI is InChI=1S/C22H22N4O2S2/c1-14-7-9-17(10-8-14)29-13-19(27)23-22-25-24-21(30-22)16-11-20(28)26(12-16)18-6-4-3-5-15(18)2/h3-10,16H,11-13H2,1-2H3,(H,23,25,27). The number of amides is 2. The fourth-order valence-electron chi connectivity index (χ4n) is 3.36. The van der Waals surface area contributed by atoms with Crippen LogP contribution in [0, 0.1) is 13.8 Å². The molecule has 6 nitrogen and oxygen atoms in total. The molecule has 1 aliphatic rings. The topological polar surface area (TPSA) is 75.2 Å². The van der Waals surface area contributed by atoms with E-state index in [-0.39, 0.29) is 17.7 Å². The Balaban J connectivity index is 1.35. The van der Waals surface area contributed by atoms with Gasteiger partial charge in [0, 0.05) is 29.5 Å². The van der Waals surface area contributed by atoms with Crippen molar-refractivity contribution in [3.63, 3.8) is 0 Å². The zero-order valence-corrected chi connectivity index (χ0v) is 18.4. The molecule has 1 fully saturated rings. The smallest absolute Gasteiger partial charge is 0.236 e. The maximum absolute atomic E-state index is 12.5. The van der Waals surface area contributed by atoms with Crippen molar-refractivity contribution in [3.05, 3.63) is 64.7 Å². The van der Waals surface area contributed by atoms with Gasteiger partial charge in [-0.25, -0.2) is 0 Å². The van der Waals surface area contributed by atoms with Crippen LogP contribution in [0.4, 0.5) is 10.8 Å². The molecule has 30 heavy (non-hydrogen) atoms. The summed E-state index contributed by atoms with van der Waals surface area (Å²) in [6.45, 7) is 4.62. The second-order valence-corrected chi connectivity index (χ2v) is 9.35. The molecule has 1 N–H and O–H groups in total. The van der Waals surface area contributed by atoms with E-state index in [2.05, 4.69) is 15.5 Å². The summed E-state index contributed by atoms with van der Waals surface area (Å²) in [5.74, 6) is 0.264. The molecule has 1 atom stereocenters. The highest BCUT2D eigenvalue weighted by molar-refractivity contribution is 8.00. The average molecular weight is 439 g/mol. The first-order valence-electron chi connectivity index (χ1n) is 9.68. The molecular formula is C22H22N4O2S2. The largest absolute Gasteiger partial charge is 0.311 e. The fraction of sp³-hybridized carbons (Fsp3) is 0.273. The number of aryl methyl sites for hydroxylation is 2. The van der Waals surface area contributed by atoms with Gasteiger partial charge in [0.25, 0.3) is 0 Å². The molecule has 8 heteroatoms. The monoisotopic (exact) mass is 438 g/mol. The minimum atomic E-state index is -0.118. The Bertz CT molecular complexity index is 1070. The van der Waals surface area contributed by atoms with E-state index in [1.807, 2.05) is 67.3 Å². The highest BCUT2D eigenvalue weighted by Crippen LogP contribution is 2.35. The third kappa shape index (κ3) is 4.71. The van der Waals surface area contributed by atoms with Crippen LogP contribution in [0.3, 0.4) is 0 Å². The van der Waals surface area contributed by atoms with Crippen molar-refractivity contribution in [2.45, 2.75) is 31.1 Å². The quantitative estimate of drug-likeness (QED) is 0.577. The summed E-state index contributed by atoms with van der Waals surface area (Å²) in [7, 11) is 0. The number of anilines is 2. The molecule has 1 unspecified atom stereocenters. The van der Waals surface area contributed by atoms with Crippen molar-refractivity contribution in [3.8, 4) is 0 Å². The molecule has 4 rings (SSSR count). The van der Waals surface area contributed by atoms with Crippen LogP contribution in [-0.4, -0.2) is 34.3 Å². The summed E-state index contributed by atoms with van der Waals surface area (Å²) in [6, 6.07) is 15.9. The number of carbonyl (C=O) groups excluding carboxylic acids is 2. The van der Waals surface area contributed by atoms with Crippen molar-refractivity contribution in [1.29, 1.82) is 0 Å². The first-order chi connectivity index (χ1) is 14.5. The SMILES string of the molecule is Cc1ccc(SCC(=O)Nc2nnc(C3CC(=O)N(c4ccccc4C)C3)s2)cc1. The molecule has 0 radical (unpaired) electrons. The summed E-state index contributed by atoms with van der Waals surface area (Å²) < 4.78 is 0. The first kappa shape index (κ1) is 20.6. The summed E-state index contributed by atoms with van der Waals surface area (Å²) in [6.07, 6.45) is 0.403. The van der Waals surface area contributed by atoms with Gasteiger partial charge in [-0.2, -0.15) is 0 Å². The lowest BCUT2D eigenvalue weighted by atomic mass is 10.1. The van der Waals surface area contributed by atoms with Gasteiger partial charge in [0.2, 0.25) is 16.9 Å². The zero-order chi connectivity index (χ0) is 21.1.